The molecule has 0 bridgehead atoms. The number of halogens is 2. The second-order valence-electron chi connectivity index (χ2n) is 2.71. The molecule has 1 aromatic heterocycles. The Morgan fingerprint density at radius 3 is 2.81 bits per heavy atom. The van der Waals surface area contributed by atoms with Crippen LogP contribution in [0.15, 0.2) is 22.7 Å². The van der Waals surface area contributed by atoms with Gasteiger partial charge >= 0.3 is 6.08 Å². The lowest BCUT2D eigenvalue weighted by Crippen LogP contribution is -1.86. The molecule has 0 aliphatic rings. The van der Waals surface area contributed by atoms with E-state index in [1.165, 1.54) is 6.07 Å². The summed E-state index contributed by atoms with van der Waals surface area (Å²) in [5.41, 5.74) is 0. The molecular formula is C9H4Cl2N2O3. The summed E-state index contributed by atoms with van der Waals surface area (Å²) < 4.78 is 9.80. The van der Waals surface area contributed by atoms with E-state index >= 15 is 0 Å². The highest BCUT2D eigenvalue weighted by Crippen LogP contribution is 2.30. The van der Waals surface area contributed by atoms with Gasteiger partial charge in [-0.25, -0.2) is 0 Å². The van der Waals surface area contributed by atoms with Gasteiger partial charge in [-0.2, -0.15) is 0 Å². The van der Waals surface area contributed by atoms with Crippen molar-refractivity contribution in [2.24, 2.45) is 0 Å². The number of rotatable bonds is 3. The molecule has 16 heavy (non-hydrogen) atoms. The normalized spacial score (nSPS) is 10.1. The van der Waals surface area contributed by atoms with Crippen molar-refractivity contribution < 1.29 is 14.1 Å². The fourth-order valence-electron chi connectivity index (χ4n) is 0.962. The summed E-state index contributed by atoms with van der Waals surface area (Å²) in [6.45, 7) is 0. The first-order valence-corrected chi connectivity index (χ1v) is 4.86. The Morgan fingerprint density at radius 2 is 2.19 bits per heavy atom. The molecule has 0 fully saturated rings. The van der Waals surface area contributed by atoms with Gasteiger partial charge in [-0.15, -0.1) is 4.98 Å². The van der Waals surface area contributed by atoms with Crippen LogP contribution in [0.3, 0.4) is 0 Å². The van der Waals surface area contributed by atoms with E-state index in [0.717, 1.165) is 0 Å². The predicted molar refractivity (Wildman–Crippen MR) is 56.2 cm³/mol. The van der Waals surface area contributed by atoms with Crippen molar-refractivity contribution in [2.45, 2.75) is 0 Å². The smallest absolute Gasteiger partial charge is 0.408 e. The lowest BCUT2D eigenvalue weighted by atomic mass is 10.3. The molecule has 0 radical (unpaired) electrons. The van der Waals surface area contributed by atoms with Crippen molar-refractivity contribution in [3.05, 3.63) is 34.1 Å². The Bertz CT molecular complexity index is 527. The Hall–Kier alpha value is -1.59. The Balaban J connectivity index is 2.23. The van der Waals surface area contributed by atoms with Crippen LogP contribution in [0.5, 0.6) is 11.8 Å². The zero-order valence-corrected chi connectivity index (χ0v) is 9.20. The molecule has 0 spiro atoms. The quantitative estimate of drug-likeness (QED) is 0.792. The molecule has 0 amide bonds. The molecule has 7 heteroatoms. The summed E-state index contributed by atoms with van der Waals surface area (Å²) in [6.07, 6.45) is 0.283. The number of aldehydes is 1. The van der Waals surface area contributed by atoms with E-state index in [1.807, 2.05) is 0 Å². The molecule has 0 atom stereocenters. The van der Waals surface area contributed by atoms with Crippen LogP contribution in [0.25, 0.3) is 0 Å². The van der Waals surface area contributed by atoms with Crippen LogP contribution in [0.4, 0.5) is 0 Å². The number of ether oxygens (including phenoxy) is 1. The molecule has 0 saturated heterocycles. The zero-order valence-electron chi connectivity index (χ0n) is 7.68. The van der Waals surface area contributed by atoms with Crippen molar-refractivity contribution in [1.29, 1.82) is 0 Å². The van der Waals surface area contributed by atoms with Gasteiger partial charge in [0.15, 0.2) is 12.0 Å². The van der Waals surface area contributed by atoms with E-state index < -0.39 is 0 Å². The van der Waals surface area contributed by atoms with E-state index in [0.29, 0.717) is 22.1 Å². The highest BCUT2D eigenvalue weighted by Gasteiger charge is 2.10. The van der Waals surface area contributed by atoms with Crippen LogP contribution >= 0.6 is 23.2 Å². The van der Waals surface area contributed by atoms with E-state index in [-0.39, 0.29) is 11.9 Å². The Kier molecular flexibility index (Phi) is 3.07. The van der Waals surface area contributed by atoms with Gasteiger partial charge in [-0.05, 0) is 18.2 Å². The Morgan fingerprint density at radius 1 is 1.38 bits per heavy atom. The SMILES string of the molecule is O=Cc1noc(Oc2ccc(Cl)cc2Cl)n1. The fraction of sp³-hybridized carbons (Fsp3) is 0. The van der Waals surface area contributed by atoms with Gasteiger partial charge in [0.25, 0.3) is 0 Å². The second kappa shape index (κ2) is 4.51. The van der Waals surface area contributed by atoms with Crippen molar-refractivity contribution in [3.8, 4) is 11.8 Å². The van der Waals surface area contributed by atoms with E-state index in [1.54, 1.807) is 12.1 Å². The lowest BCUT2D eigenvalue weighted by molar-refractivity contribution is 0.111. The van der Waals surface area contributed by atoms with Gasteiger partial charge in [-0.1, -0.05) is 28.4 Å². The first kappa shape index (κ1) is 10.9. The topological polar surface area (TPSA) is 65.2 Å². The summed E-state index contributed by atoms with van der Waals surface area (Å²) in [6, 6.07) is 4.66. The van der Waals surface area contributed by atoms with Crippen LogP contribution in [0.1, 0.15) is 10.6 Å². The van der Waals surface area contributed by atoms with Crippen molar-refractivity contribution in [1.82, 2.24) is 10.1 Å². The summed E-state index contributed by atoms with van der Waals surface area (Å²) in [7, 11) is 0. The number of carbonyl (C=O) groups excluding carboxylic acids is 1. The van der Waals surface area contributed by atoms with Gasteiger partial charge in [0, 0.05) is 5.02 Å². The monoisotopic (exact) mass is 258 g/mol. The molecule has 0 aliphatic carbocycles. The van der Waals surface area contributed by atoms with Crippen LogP contribution in [0.2, 0.25) is 10.0 Å². The average Bonchev–Trinajstić information content (AvgIpc) is 2.70. The van der Waals surface area contributed by atoms with Crippen LogP contribution < -0.4 is 4.74 Å². The molecule has 0 saturated carbocycles. The van der Waals surface area contributed by atoms with Crippen molar-refractivity contribution in [2.75, 3.05) is 0 Å². The second-order valence-corrected chi connectivity index (χ2v) is 3.56. The van der Waals surface area contributed by atoms with Gasteiger partial charge in [0.1, 0.15) is 0 Å². The fourth-order valence-corrected chi connectivity index (χ4v) is 1.41. The van der Waals surface area contributed by atoms with E-state index in [4.69, 9.17) is 27.9 Å². The number of nitrogens with zero attached hydrogens (tertiary/aromatic N) is 2. The van der Waals surface area contributed by atoms with Gasteiger partial charge in [0.2, 0.25) is 5.82 Å². The molecule has 2 rings (SSSR count). The van der Waals surface area contributed by atoms with Crippen LogP contribution in [0, 0.1) is 0 Å². The number of benzene rings is 1. The standard InChI is InChI=1S/C9H4Cl2N2O3/c10-5-1-2-7(6(11)3-5)15-9-12-8(4-14)13-16-9/h1-4H. The molecule has 0 unspecified atom stereocenters. The molecule has 2 aromatic rings. The third-order valence-corrected chi connectivity index (χ3v) is 2.15. The average molecular weight is 259 g/mol. The molecule has 0 aliphatic heterocycles. The summed E-state index contributed by atoms with van der Waals surface area (Å²) in [5.74, 6) is 0.215. The maximum Gasteiger partial charge on any atom is 0.423 e. The number of carbonyl (C=O) groups is 1. The van der Waals surface area contributed by atoms with Crippen molar-refractivity contribution in [3.63, 3.8) is 0 Å². The van der Waals surface area contributed by atoms with Crippen LogP contribution in [-0.2, 0) is 0 Å². The van der Waals surface area contributed by atoms with E-state index in [2.05, 4.69) is 14.7 Å². The number of aromatic nitrogens is 2. The molecular weight excluding hydrogens is 255 g/mol. The number of hydrogen-bond acceptors (Lipinski definition) is 5. The zero-order chi connectivity index (χ0) is 11.5. The van der Waals surface area contributed by atoms with E-state index in [9.17, 15) is 4.79 Å². The first-order valence-electron chi connectivity index (χ1n) is 4.11. The minimum absolute atomic E-state index is 0.0971. The van der Waals surface area contributed by atoms with Gasteiger partial charge in [-0.3, -0.25) is 9.32 Å². The maximum absolute atomic E-state index is 10.3. The summed E-state index contributed by atoms with van der Waals surface area (Å²) in [4.78, 5) is 13.9. The largest absolute Gasteiger partial charge is 0.423 e. The molecule has 5 nitrogen and oxygen atoms in total. The highest BCUT2D eigenvalue weighted by atomic mass is 35.5. The van der Waals surface area contributed by atoms with Gasteiger partial charge < -0.3 is 4.74 Å². The minimum Gasteiger partial charge on any atom is -0.408 e. The summed E-state index contributed by atoms with van der Waals surface area (Å²) in [5, 5.41) is 4.12. The lowest BCUT2D eigenvalue weighted by Gasteiger charge is -2.02. The molecule has 1 aromatic carbocycles. The third kappa shape index (κ3) is 2.32. The van der Waals surface area contributed by atoms with Crippen molar-refractivity contribution >= 4 is 29.5 Å². The minimum atomic E-state index is -0.161. The van der Waals surface area contributed by atoms with Crippen LogP contribution in [-0.4, -0.2) is 16.4 Å². The molecule has 0 N–H and O–H groups in total. The molecule has 82 valence electrons. The predicted octanol–water partition coefficient (Wildman–Crippen LogP) is 2.98. The van der Waals surface area contributed by atoms with Gasteiger partial charge in [0.05, 0.1) is 5.02 Å². The third-order valence-electron chi connectivity index (χ3n) is 1.62. The first-order chi connectivity index (χ1) is 7.69. The number of hydrogen-bond donors (Lipinski definition) is 0. The Labute approximate surface area is 99.9 Å². The highest BCUT2D eigenvalue weighted by molar-refractivity contribution is 6.35. The molecule has 1 heterocycles. The maximum atomic E-state index is 10.3. The summed E-state index contributed by atoms with van der Waals surface area (Å²) >= 11 is 11.6.